The number of likely N-dealkylation sites (N-methyl/N-ethyl adjacent to an activating group) is 1. The molecule has 0 aromatic heterocycles. The van der Waals surface area contributed by atoms with Gasteiger partial charge in [-0.15, -0.1) is 0 Å². The van der Waals surface area contributed by atoms with Crippen molar-refractivity contribution in [3.63, 3.8) is 0 Å². The van der Waals surface area contributed by atoms with Crippen molar-refractivity contribution in [3.05, 3.63) is 39.2 Å². The lowest BCUT2D eigenvalue weighted by Crippen LogP contribution is -2.52. The minimum Gasteiger partial charge on any atom is -0.304 e. The molecule has 2 saturated heterocycles. The molecule has 2 fully saturated rings. The first-order valence-corrected chi connectivity index (χ1v) is 10.7. The van der Waals surface area contributed by atoms with Crippen LogP contribution in [-0.2, 0) is 9.59 Å². The van der Waals surface area contributed by atoms with Crippen molar-refractivity contribution in [2.45, 2.75) is 6.42 Å². The fourth-order valence-corrected chi connectivity index (χ4v) is 4.53. The molecule has 1 aromatic carbocycles. The molecular weight excluding hydrogens is 448 g/mol. The number of carbonyl (C=O) groups excluding carboxylic acids is 2. The number of carbonyl (C=O) groups is 2. The predicted molar refractivity (Wildman–Crippen MR) is 116 cm³/mol. The van der Waals surface area contributed by atoms with E-state index in [1.54, 1.807) is 0 Å². The maximum atomic E-state index is 12.6. The van der Waals surface area contributed by atoms with E-state index in [9.17, 15) is 9.59 Å². The van der Waals surface area contributed by atoms with Crippen LogP contribution in [0.25, 0.3) is 6.08 Å². The summed E-state index contributed by atoms with van der Waals surface area (Å²) in [5.41, 5.74) is 3.84. The smallest absolute Gasteiger partial charge is 0.266 e. The van der Waals surface area contributed by atoms with Crippen LogP contribution in [0.1, 0.15) is 12.0 Å². The number of halogens is 1. The van der Waals surface area contributed by atoms with Gasteiger partial charge in [0, 0.05) is 43.6 Å². The molecule has 0 unspecified atom stereocenters. The van der Waals surface area contributed by atoms with Gasteiger partial charge in [0.05, 0.1) is 4.91 Å². The van der Waals surface area contributed by atoms with E-state index < -0.39 is 0 Å². The van der Waals surface area contributed by atoms with E-state index in [4.69, 9.17) is 12.2 Å². The highest BCUT2D eigenvalue weighted by Crippen LogP contribution is 2.32. The zero-order chi connectivity index (χ0) is 19.4. The number of thiocarbonyl (C=S) groups is 1. The van der Waals surface area contributed by atoms with Gasteiger partial charge in [-0.05, 0) is 30.8 Å². The van der Waals surface area contributed by atoms with Crippen molar-refractivity contribution in [2.24, 2.45) is 0 Å². The van der Waals surface area contributed by atoms with Crippen molar-refractivity contribution in [1.82, 2.24) is 20.2 Å². The van der Waals surface area contributed by atoms with E-state index in [2.05, 4.69) is 33.3 Å². The maximum Gasteiger partial charge on any atom is 0.266 e. The van der Waals surface area contributed by atoms with Crippen molar-refractivity contribution in [2.75, 3.05) is 39.8 Å². The van der Waals surface area contributed by atoms with Gasteiger partial charge in [-0.2, -0.15) is 0 Å². The third-order valence-electron chi connectivity index (χ3n) is 4.37. The molecule has 2 aliphatic rings. The molecular formula is C18H21BrN4O2S2. The molecule has 3 rings (SSSR count). The normalized spacial score (nSPS) is 20.5. The molecule has 6 nitrogen and oxygen atoms in total. The summed E-state index contributed by atoms with van der Waals surface area (Å²) in [4.78, 5) is 29.1. The SMILES string of the molecule is CN1CCN(NC(=O)CCN2C(=O)C(=Cc3cccc(Br)c3)SC2=S)CC1. The third kappa shape index (κ3) is 5.61. The molecule has 2 heterocycles. The Morgan fingerprint density at radius 1 is 1.33 bits per heavy atom. The summed E-state index contributed by atoms with van der Waals surface area (Å²) in [6.45, 7) is 3.75. The van der Waals surface area contributed by atoms with Crippen LogP contribution in [0.15, 0.2) is 33.6 Å². The van der Waals surface area contributed by atoms with Crippen LogP contribution in [0.2, 0.25) is 0 Å². The van der Waals surface area contributed by atoms with E-state index >= 15 is 0 Å². The molecule has 2 amide bonds. The molecule has 1 N–H and O–H groups in total. The standard InChI is InChI=1S/C18H21BrN4O2S2/c1-21-7-9-22(10-8-21)20-16(24)5-6-23-17(25)15(27-18(23)26)12-13-3-2-4-14(19)11-13/h2-4,11-12H,5-10H2,1H3,(H,20,24). The first-order chi connectivity index (χ1) is 12.9. The Bertz CT molecular complexity index is 778. The molecule has 0 radical (unpaired) electrons. The van der Waals surface area contributed by atoms with E-state index in [0.29, 0.717) is 15.8 Å². The van der Waals surface area contributed by atoms with Crippen LogP contribution in [0, 0.1) is 0 Å². The molecule has 9 heteroatoms. The second-order valence-electron chi connectivity index (χ2n) is 6.46. The Morgan fingerprint density at radius 3 is 2.78 bits per heavy atom. The lowest BCUT2D eigenvalue weighted by molar-refractivity contribution is -0.127. The summed E-state index contributed by atoms with van der Waals surface area (Å²) in [7, 11) is 2.07. The van der Waals surface area contributed by atoms with Crippen LogP contribution in [0.3, 0.4) is 0 Å². The summed E-state index contributed by atoms with van der Waals surface area (Å²) in [6, 6.07) is 7.72. The number of thioether (sulfide) groups is 1. The highest BCUT2D eigenvalue weighted by molar-refractivity contribution is 9.10. The number of nitrogens with one attached hydrogen (secondary N) is 1. The summed E-state index contributed by atoms with van der Waals surface area (Å²) < 4.78 is 1.45. The van der Waals surface area contributed by atoms with Crippen LogP contribution in [0.5, 0.6) is 0 Å². The maximum absolute atomic E-state index is 12.6. The van der Waals surface area contributed by atoms with Crippen LogP contribution in [-0.4, -0.2) is 70.7 Å². The molecule has 0 atom stereocenters. The molecule has 27 heavy (non-hydrogen) atoms. The first kappa shape index (κ1) is 20.5. The molecule has 0 aliphatic carbocycles. The minimum atomic E-state index is -0.141. The van der Waals surface area contributed by atoms with Crippen molar-refractivity contribution >= 4 is 62.1 Å². The molecule has 1 aromatic rings. The van der Waals surface area contributed by atoms with Gasteiger partial charge in [0.15, 0.2) is 0 Å². The van der Waals surface area contributed by atoms with Gasteiger partial charge in [0.2, 0.25) is 5.91 Å². The molecule has 0 saturated carbocycles. The van der Waals surface area contributed by atoms with Crippen molar-refractivity contribution < 1.29 is 9.59 Å². The lowest BCUT2D eigenvalue weighted by atomic mass is 10.2. The zero-order valence-electron chi connectivity index (χ0n) is 15.0. The topological polar surface area (TPSA) is 55.9 Å². The third-order valence-corrected chi connectivity index (χ3v) is 6.24. The lowest BCUT2D eigenvalue weighted by Gasteiger charge is -2.32. The fraction of sp³-hybridized carbons (Fsp3) is 0.389. The number of benzene rings is 1. The number of hydrogen-bond acceptors (Lipinski definition) is 6. The van der Waals surface area contributed by atoms with Gasteiger partial charge in [0.25, 0.3) is 5.91 Å². The van der Waals surface area contributed by atoms with Gasteiger partial charge in [-0.1, -0.05) is 52.0 Å². The van der Waals surface area contributed by atoms with E-state index in [0.717, 1.165) is 36.2 Å². The molecule has 0 bridgehead atoms. The minimum absolute atomic E-state index is 0.0930. The first-order valence-electron chi connectivity index (χ1n) is 8.66. The second-order valence-corrected chi connectivity index (χ2v) is 9.06. The molecule has 2 aliphatic heterocycles. The Morgan fingerprint density at radius 2 is 2.07 bits per heavy atom. The average molecular weight is 469 g/mol. The Labute approximate surface area is 177 Å². The summed E-state index contributed by atoms with van der Waals surface area (Å²) in [5.74, 6) is -0.234. The summed E-state index contributed by atoms with van der Waals surface area (Å²) in [6.07, 6.45) is 2.05. The van der Waals surface area contributed by atoms with Gasteiger partial charge in [0.1, 0.15) is 4.32 Å². The largest absolute Gasteiger partial charge is 0.304 e. The molecule has 0 spiro atoms. The zero-order valence-corrected chi connectivity index (χ0v) is 18.2. The van der Waals surface area contributed by atoms with Crippen LogP contribution in [0.4, 0.5) is 0 Å². The fourth-order valence-electron chi connectivity index (χ4n) is 2.80. The molecule has 144 valence electrons. The van der Waals surface area contributed by atoms with Crippen LogP contribution >= 0.6 is 39.9 Å². The van der Waals surface area contributed by atoms with Crippen LogP contribution < -0.4 is 5.43 Å². The van der Waals surface area contributed by atoms with E-state index in [1.165, 1.54) is 16.7 Å². The number of hydrazine groups is 1. The number of amides is 2. The Kier molecular flexibility index (Phi) is 7.04. The summed E-state index contributed by atoms with van der Waals surface area (Å²) in [5, 5.41) is 1.93. The highest BCUT2D eigenvalue weighted by Gasteiger charge is 2.32. The number of hydrogen-bond donors (Lipinski definition) is 1. The van der Waals surface area contributed by atoms with Gasteiger partial charge in [-0.3, -0.25) is 19.9 Å². The van der Waals surface area contributed by atoms with E-state index in [-0.39, 0.29) is 18.2 Å². The monoisotopic (exact) mass is 468 g/mol. The van der Waals surface area contributed by atoms with Gasteiger partial charge < -0.3 is 4.90 Å². The van der Waals surface area contributed by atoms with Crippen molar-refractivity contribution in [1.29, 1.82) is 0 Å². The second kappa shape index (κ2) is 9.29. The summed E-state index contributed by atoms with van der Waals surface area (Å²) >= 11 is 10.0. The number of piperazine rings is 1. The number of nitrogens with zero attached hydrogens (tertiary/aromatic N) is 3. The Hall–Kier alpha value is -1.26. The van der Waals surface area contributed by atoms with E-state index in [1.807, 2.05) is 35.4 Å². The predicted octanol–water partition coefficient (Wildman–Crippen LogP) is 2.32. The average Bonchev–Trinajstić information content (AvgIpc) is 2.88. The van der Waals surface area contributed by atoms with Gasteiger partial charge in [-0.25, -0.2) is 5.01 Å². The number of rotatable bonds is 5. The van der Waals surface area contributed by atoms with Gasteiger partial charge >= 0.3 is 0 Å². The highest BCUT2D eigenvalue weighted by atomic mass is 79.9. The Balaban J connectivity index is 1.54. The van der Waals surface area contributed by atoms with Crippen molar-refractivity contribution in [3.8, 4) is 0 Å². The quantitative estimate of drug-likeness (QED) is 0.528.